The third-order valence-corrected chi connectivity index (χ3v) is 5.53. The van der Waals surface area contributed by atoms with E-state index in [0.29, 0.717) is 39.5 Å². The molecule has 4 rings (SSSR count). The Hall–Kier alpha value is -4.31. The summed E-state index contributed by atoms with van der Waals surface area (Å²) in [6.45, 7) is 5.96. The number of nitrogens with one attached hydrogen (secondary N) is 2. The number of halogens is 1. The van der Waals surface area contributed by atoms with Crippen molar-refractivity contribution in [1.82, 2.24) is 10.1 Å². The summed E-state index contributed by atoms with van der Waals surface area (Å²) in [5.74, 6) is 0.723. The van der Waals surface area contributed by atoms with Crippen molar-refractivity contribution in [3.63, 3.8) is 0 Å². The lowest BCUT2D eigenvalue weighted by Gasteiger charge is -2.13. The Morgan fingerprint density at radius 1 is 1.06 bits per heavy atom. The molecule has 0 fully saturated rings. The molecule has 4 N–H and O–H groups in total. The van der Waals surface area contributed by atoms with Crippen LogP contribution in [0.2, 0.25) is 5.02 Å². The number of aromatic nitrogens is 2. The average Bonchev–Trinajstić information content (AvgIpc) is 3.29. The lowest BCUT2D eigenvalue weighted by atomic mass is 9.92. The average molecular weight is 510 g/mol. The fraction of sp³-hybridized carbons (Fsp3) is 0.200. The maximum Gasteiger partial charge on any atom is 0.326 e. The van der Waals surface area contributed by atoms with Crippen LogP contribution in [-0.2, 0) is 5.41 Å². The second-order valence-corrected chi connectivity index (χ2v) is 9.30. The third kappa shape index (κ3) is 5.33. The Labute approximate surface area is 211 Å². The molecule has 0 spiro atoms. The van der Waals surface area contributed by atoms with E-state index in [1.54, 1.807) is 48.7 Å². The van der Waals surface area contributed by atoms with E-state index >= 15 is 0 Å². The Morgan fingerprint density at radius 2 is 1.83 bits per heavy atom. The van der Waals surface area contributed by atoms with Gasteiger partial charge < -0.3 is 25.0 Å². The zero-order valence-corrected chi connectivity index (χ0v) is 20.8. The minimum atomic E-state index is -0.639. The van der Waals surface area contributed by atoms with Crippen molar-refractivity contribution in [2.24, 2.45) is 5.73 Å². The van der Waals surface area contributed by atoms with Crippen LogP contribution in [0.25, 0.3) is 10.9 Å². The zero-order valence-electron chi connectivity index (χ0n) is 20.0. The Bertz CT molecular complexity index is 1460. The van der Waals surface area contributed by atoms with E-state index in [9.17, 15) is 9.59 Å². The molecule has 0 aliphatic heterocycles. The highest BCUT2D eigenvalue weighted by molar-refractivity contribution is 6.34. The van der Waals surface area contributed by atoms with Gasteiger partial charge in [-0.1, -0.05) is 37.5 Å². The largest absolute Gasteiger partial charge is 0.496 e. The number of pyridine rings is 1. The number of methoxy groups -OCH3 is 1. The number of rotatable bonds is 6. The molecule has 36 heavy (non-hydrogen) atoms. The molecule has 0 unspecified atom stereocenters. The standard InChI is InChI=1S/C25H24ClN5O5/c1-25(2,3)21-12-22(36-31-21)30-24(33)29-17-6-5-13(9-16(17)26)35-19-7-8-28-18-11-20(34-4)15(23(27)32)10-14(18)19/h5-12H,1-4H3,(H2,27,32)(H2,29,30,33). The number of ether oxygens (including phenoxy) is 2. The fourth-order valence-corrected chi connectivity index (χ4v) is 3.56. The van der Waals surface area contributed by atoms with Crippen molar-refractivity contribution in [2.75, 3.05) is 17.7 Å². The quantitative estimate of drug-likeness (QED) is 0.302. The topological polar surface area (TPSA) is 142 Å². The molecular weight excluding hydrogens is 486 g/mol. The van der Waals surface area contributed by atoms with Gasteiger partial charge in [0.2, 0.25) is 5.88 Å². The van der Waals surface area contributed by atoms with E-state index in [2.05, 4.69) is 20.8 Å². The number of hydrogen-bond acceptors (Lipinski definition) is 7. The molecule has 2 aromatic heterocycles. The van der Waals surface area contributed by atoms with Crippen LogP contribution in [-0.4, -0.2) is 29.2 Å². The minimum absolute atomic E-state index is 0.202. The molecule has 10 nitrogen and oxygen atoms in total. The van der Waals surface area contributed by atoms with Gasteiger partial charge in [-0.3, -0.25) is 15.1 Å². The lowest BCUT2D eigenvalue weighted by Crippen LogP contribution is -2.19. The SMILES string of the molecule is COc1cc2nccc(Oc3ccc(NC(=O)Nc4cc(C(C)(C)C)no4)c(Cl)c3)c2cc1C(N)=O. The first-order valence-corrected chi connectivity index (χ1v) is 11.2. The summed E-state index contributed by atoms with van der Waals surface area (Å²) < 4.78 is 16.4. The predicted molar refractivity (Wildman–Crippen MR) is 136 cm³/mol. The number of nitrogens with zero attached hydrogens (tertiary/aromatic N) is 2. The summed E-state index contributed by atoms with van der Waals surface area (Å²) in [5, 5.41) is 10.0. The molecule has 2 heterocycles. The maximum atomic E-state index is 12.4. The fourth-order valence-electron chi connectivity index (χ4n) is 3.34. The number of nitrogens with two attached hydrogens (primary N) is 1. The van der Waals surface area contributed by atoms with Crippen LogP contribution < -0.4 is 25.8 Å². The van der Waals surface area contributed by atoms with Crippen molar-refractivity contribution in [3.05, 3.63) is 64.9 Å². The van der Waals surface area contributed by atoms with Crippen LogP contribution >= 0.6 is 11.6 Å². The molecule has 0 atom stereocenters. The number of benzene rings is 2. The van der Waals surface area contributed by atoms with Gasteiger partial charge in [-0.25, -0.2) is 4.79 Å². The number of fused-ring (bicyclic) bond motifs is 1. The number of carbonyl (C=O) groups excluding carboxylic acids is 2. The van der Waals surface area contributed by atoms with Crippen LogP contribution in [0.4, 0.5) is 16.4 Å². The van der Waals surface area contributed by atoms with E-state index in [1.807, 2.05) is 20.8 Å². The molecule has 0 aliphatic carbocycles. The van der Waals surface area contributed by atoms with Crippen molar-refractivity contribution < 1.29 is 23.6 Å². The lowest BCUT2D eigenvalue weighted by molar-refractivity contribution is 0.0997. The van der Waals surface area contributed by atoms with Gasteiger partial charge >= 0.3 is 6.03 Å². The van der Waals surface area contributed by atoms with E-state index in [4.69, 9.17) is 31.3 Å². The van der Waals surface area contributed by atoms with Gasteiger partial charge in [0.15, 0.2) is 0 Å². The van der Waals surface area contributed by atoms with Crippen LogP contribution in [0.3, 0.4) is 0 Å². The molecule has 3 amide bonds. The molecule has 0 saturated heterocycles. The van der Waals surface area contributed by atoms with Gasteiger partial charge in [-0.15, -0.1) is 0 Å². The summed E-state index contributed by atoms with van der Waals surface area (Å²) in [4.78, 5) is 28.5. The number of urea groups is 1. The summed E-state index contributed by atoms with van der Waals surface area (Å²) in [7, 11) is 1.44. The first-order chi connectivity index (χ1) is 17.0. The van der Waals surface area contributed by atoms with Crippen LogP contribution in [0.15, 0.2) is 53.2 Å². The number of amides is 3. The third-order valence-electron chi connectivity index (χ3n) is 5.22. The van der Waals surface area contributed by atoms with E-state index < -0.39 is 11.9 Å². The number of carbonyl (C=O) groups is 2. The van der Waals surface area contributed by atoms with Gasteiger partial charge in [0.1, 0.15) is 17.2 Å². The first kappa shape index (κ1) is 24.8. The molecule has 4 aromatic rings. The smallest absolute Gasteiger partial charge is 0.326 e. The molecular formula is C25H24ClN5O5. The predicted octanol–water partition coefficient (Wildman–Crippen LogP) is 5.72. The van der Waals surface area contributed by atoms with Crippen LogP contribution in [0, 0.1) is 0 Å². The summed E-state index contributed by atoms with van der Waals surface area (Å²) in [6, 6.07) is 10.7. The Kier molecular flexibility index (Phi) is 6.71. The van der Waals surface area contributed by atoms with E-state index in [-0.39, 0.29) is 21.9 Å². The molecule has 11 heteroatoms. The van der Waals surface area contributed by atoms with Crippen LogP contribution in [0.5, 0.6) is 17.2 Å². The number of anilines is 2. The molecule has 0 radical (unpaired) electrons. The summed E-state index contributed by atoms with van der Waals surface area (Å²) in [5.41, 5.74) is 7.09. The highest BCUT2D eigenvalue weighted by atomic mass is 35.5. The van der Waals surface area contributed by atoms with Gasteiger partial charge in [0.05, 0.1) is 34.6 Å². The van der Waals surface area contributed by atoms with Crippen LogP contribution in [0.1, 0.15) is 36.8 Å². The molecule has 0 aliphatic rings. The molecule has 2 aromatic carbocycles. The van der Waals surface area contributed by atoms with Gasteiger partial charge in [-0.05, 0) is 24.3 Å². The molecule has 0 saturated carbocycles. The van der Waals surface area contributed by atoms with Gasteiger partial charge in [0, 0.05) is 35.2 Å². The Balaban J connectivity index is 1.51. The van der Waals surface area contributed by atoms with E-state index in [0.717, 1.165) is 0 Å². The van der Waals surface area contributed by atoms with E-state index in [1.165, 1.54) is 7.11 Å². The summed E-state index contributed by atoms with van der Waals surface area (Å²) in [6.07, 6.45) is 1.57. The number of primary amides is 1. The molecule has 0 bridgehead atoms. The maximum absolute atomic E-state index is 12.4. The minimum Gasteiger partial charge on any atom is -0.496 e. The Morgan fingerprint density at radius 3 is 2.47 bits per heavy atom. The number of hydrogen-bond donors (Lipinski definition) is 3. The monoisotopic (exact) mass is 509 g/mol. The van der Waals surface area contributed by atoms with Crippen molar-refractivity contribution in [2.45, 2.75) is 26.2 Å². The summed E-state index contributed by atoms with van der Waals surface area (Å²) >= 11 is 6.38. The van der Waals surface area contributed by atoms with Gasteiger partial charge in [0.25, 0.3) is 5.91 Å². The van der Waals surface area contributed by atoms with Crippen molar-refractivity contribution in [1.29, 1.82) is 0 Å². The first-order valence-electron chi connectivity index (χ1n) is 10.8. The highest BCUT2D eigenvalue weighted by Crippen LogP contribution is 2.35. The second kappa shape index (κ2) is 9.74. The normalized spacial score (nSPS) is 11.2. The zero-order chi connectivity index (χ0) is 26.0. The van der Waals surface area contributed by atoms with Crippen molar-refractivity contribution in [3.8, 4) is 17.2 Å². The van der Waals surface area contributed by atoms with Gasteiger partial charge in [-0.2, -0.15) is 0 Å². The van der Waals surface area contributed by atoms with Crippen molar-refractivity contribution >= 4 is 46.0 Å². The highest BCUT2D eigenvalue weighted by Gasteiger charge is 2.20. The molecule has 186 valence electrons. The second-order valence-electron chi connectivity index (χ2n) is 8.89.